The van der Waals surface area contributed by atoms with Crippen LogP contribution in [0.1, 0.15) is 36.5 Å². The number of aromatic amines is 1. The molecule has 100 valence electrons. The largest absolute Gasteiger partial charge is 0.361 e. The number of aromatic nitrogens is 1. The average Bonchev–Trinajstić information content (AvgIpc) is 2.84. The van der Waals surface area contributed by atoms with Crippen LogP contribution in [0, 0.1) is 5.92 Å². The lowest BCUT2D eigenvalue weighted by Crippen LogP contribution is -2.37. The van der Waals surface area contributed by atoms with Crippen molar-refractivity contribution in [1.29, 1.82) is 0 Å². The lowest BCUT2D eigenvalue weighted by Gasteiger charge is -2.31. The zero-order valence-electron chi connectivity index (χ0n) is 11.4. The number of amides is 1. The van der Waals surface area contributed by atoms with Crippen molar-refractivity contribution in [3.63, 3.8) is 0 Å². The molecule has 1 N–H and O–H groups in total. The van der Waals surface area contributed by atoms with E-state index in [9.17, 15) is 4.79 Å². The van der Waals surface area contributed by atoms with Gasteiger partial charge in [-0.15, -0.1) is 0 Å². The van der Waals surface area contributed by atoms with Crippen LogP contribution in [0.5, 0.6) is 0 Å². The molecule has 19 heavy (non-hydrogen) atoms. The van der Waals surface area contributed by atoms with E-state index < -0.39 is 0 Å². The van der Waals surface area contributed by atoms with Crippen LogP contribution in [0.4, 0.5) is 0 Å². The summed E-state index contributed by atoms with van der Waals surface area (Å²) in [5.74, 6) is 0.886. The van der Waals surface area contributed by atoms with E-state index in [2.05, 4.69) is 11.9 Å². The second-order valence-electron chi connectivity index (χ2n) is 5.42. The van der Waals surface area contributed by atoms with Gasteiger partial charge in [-0.1, -0.05) is 6.42 Å². The highest BCUT2D eigenvalue weighted by Crippen LogP contribution is 2.27. The molecule has 1 heterocycles. The zero-order valence-corrected chi connectivity index (χ0v) is 11.4. The molecule has 3 heteroatoms. The Morgan fingerprint density at radius 3 is 2.89 bits per heavy atom. The predicted molar refractivity (Wildman–Crippen MR) is 77.2 cm³/mol. The van der Waals surface area contributed by atoms with Gasteiger partial charge in [-0.25, -0.2) is 0 Å². The van der Waals surface area contributed by atoms with Gasteiger partial charge < -0.3 is 9.88 Å². The van der Waals surface area contributed by atoms with E-state index in [4.69, 9.17) is 0 Å². The summed E-state index contributed by atoms with van der Waals surface area (Å²) in [5, 5.41) is 1.10. The quantitative estimate of drug-likeness (QED) is 0.893. The summed E-state index contributed by atoms with van der Waals surface area (Å²) < 4.78 is 0. The first kappa shape index (κ1) is 12.3. The lowest BCUT2D eigenvalue weighted by atomic mass is 9.85. The van der Waals surface area contributed by atoms with E-state index in [1.165, 1.54) is 19.3 Å². The molecule has 0 unspecified atom stereocenters. The molecule has 0 radical (unpaired) electrons. The molecule has 1 fully saturated rings. The minimum atomic E-state index is 0.164. The molecule has 1 aromatic carbocycles. The van der Waals surface area contributed by atoms with Crippen LogP contribution in [0.25, 0.3) is 10.9 Å². The number of benzene rings is 1. The Kier molecular flexibility index (Phi) is 3.28. The van der Waals surface area contributed by atoms with Crippen LogP contribution in [0.15, 0.2) is 30.5 Å². The fourth-order valence-electron chi connectivity index (χ4n) is 2.71. The normalized spacial score (nSPS) is 15.4. The minimum absolute atomic E-state index is 0.164. The molecular weight excluding hydrogens is 236 g/mol. The van der Waals surface area contributed by atoms with E-state index in [0.717, 1.165) is 35.5 Å². The lowest BCUT2D eigenvalue weighted by molar-refractivity contribution is 0.0706. The van der Waals surface area contributed by atoms with Crippen molar-refractivity contribution in [3.05, 3.63) is 36.0 Å². The number of carbonyl (C=O) groups is 1. The Morgan fingerprint density at radius 1 is 1.37 bits per heavy atom. The van der Waals surface area contributed by atoms with E-state index in [0.29, 0.717) is 0 Å². The molecule has 1 saturated carbocycles. The van der Waals surface area contributed by atoms with Crippen LogP contribution >= 0.6 is 0 Å². The fourth-order valence-corrected chi connectivity index (χ4v) is 2.71. The van der Waals surface area contributed by atoms with Crippen LogP contribution in [-0.4, -0.2) is 28.9 Å². The number of rotatable bonds is 4. The van der Waals surface area contributed by atoms with Crippen LogP contribution in [0.2, 0.25) is 0 Å². The van der Waals surface area contributed by atoms with Crippen molar-refractivity contribution in [2.75, 3.05) is 13.1 Å². The van der Waals surface area contributed by atoms with Crippen molar-refractivity contribution < 1.29 is 4.79 Å². The highest BCUT2D eigenvalue weighted by molar-refractivity contribution is 5.98. The molecule has 3 rings (SSSR count). The summed E-state index contributed by atoms with van der Waals surface area (Å²) in [6.45, 7) is 3.77. The highest BCUT2D eigenvalue weighted by Gasteiger charge is 2.23. The van der Waals surface area contributed by atoms with Crippen LogP contribution in [-0.2, 0) is 0 Å². The number of hydrogen-bond donors (Lipinski definition) is 1. The number of H-pyrrole nitrogens is 1. The van der Waals surface area contributed by atoms with Gasteiger partial charge in [0.25, 0.3) is 5.91 Å². The predicted octanol–water partition coefficient (Wildman–Crippen LogP) is 3.43. The minimum Gasteiger partial charge on any atom is -0.361 e. The maximum absolute atomic E-state index is 12.5. The Hall–Kier alpha value is -1.77. The van der Waals surface area contributed by atoms with Gasteiger partial charge in [-0.3, -0.25) is 4.79 Å². The maximum atomic E-state index is 12.5. The van der Waals surface area contributed by atoms with E-state index in [1.54, 1.807) is 0 Å². The van der Waals surface area contributed by atoms with Gasteiger partial charge in [0.15, 0.2) is 0 Å². The first-order valence-electron chi connectivity index (χ1n) is 7.14. The summed E-state index contributed by atoms with van der Waals surface area (Å²) in [6, 6.07) is 7.90. The molecule has 3 nitrogen and oxygen atoms in total. The standard InChI is InChI=1S/C16H20N2O/c1-2-18(11-12-4-3-5-12)16(19)14-6-7-15-13(10-14)8-9-17-15/h6-10,12,17H,2-5,11H2,1H3. The summed E-state index contributed by atoms with van der Waals surface area (Å²) in [7, 11) is 0. The molecule has 1 aliphatic carbocycles. The van der Waals surface area contributed by atoms with Gasteiger partial charge >= 0.3 is 0 Å². The van der Waals surface area contributed by atoms with Crippen molar-refractivity contribution in [3.8, 4) is 0 Å². The molecule has 0 atom stereocenters. The monoisotopic (exact) mass is 256 g/mol. The number of nitrogens with zero attached hydrogens (tertiary/aromatic N) is 1. The van der Waals surface area contributed by atoms with E-state index in [1.807, 2.05) is 35.4 Å². The van der Waals surface area contributed by atoms with Crippen molar-refractivity contribution in [2.45, 2.75) is 26.2 Å². The second-order valence-corrected chi connectivity index (χ2v) is 5.42. The summed E-state index contributed by atoms with van der Waals surface area (Å²) in [4.78, 5) is 17.7. The van der Waals surface area contributed by atoms with Gasteiger partial charge in [0.2, 0.25) is 0 Å². The SMILES string of the molecule is CCN(CC1CCC1)C(=O)c1ccc2[nH]ccc2c1. The molecule has 0 bridgehead atoms. The molecule has 1 aliphatic rings. The molecule has 0 spiro atoms. The smallest absolute Gasteiger partial charge is 0.253 e. The molecule has 2 aromatic rings. The number of fused-ring (bicyclic) bond motifs is 1. The summed E-state index contributed by atoms with van der Waals surface area (Å²) in [5.41, 5.74) is 1.88. The number of nitrogens with one attached hydrogen (secondary N) is 1. The van der Waals surface area contributed by atoms with Crippen LogP contribution in [0.3, 0.4) is 0 Å². The van der Waals surface area contributed by atoms with Crippen LogP contribution < -0.4 is 0 Å². The first-order chi connectivity index (χ1) is 9.28. The third-order valence-electron chi connectivity index (χ3n) is 4.17. The Morgan fingerprint density at radius 2 is 2.21 bits per heavy atom. The molecule has 0 aliphatic heterocycles. The first-order valence-corrected chi connectivity index (χ1v) is 7.14. The summed E-state index contributed by atoms with van der Waals surface area (Å²) in [6.07, 6.45) is 5.79. The Labute approximate surface area is 113 Å². The third kappa shape index (κ3) is 2.37. The Bertz CT molecular complexity index is 583. The van der Waals surface area contributed by atoms with Gasteiger partial charge in [-0.05, 0) is 49.9 Å². The van der Waals surface area contributed by atoms with Crippen molar-refractivity contribution in [1.82, 2.24) is 9.88 Å². The molecule has 1 aromatic heterocycles. The van der Waals surface area contributed by atoms with Gasteiger partial charge in [0.05, 0.1) is 0 Å². The van der Waals surface area contributed by atoms with Crippen molar-refractivity contribution >= 4 is 16.8 Å². The third-order valence-corrected chi connectivity index (χ3v) is 4.17. The van der Waals surface area contributed by atoms with Crippen molar-refractivity contribution in [2.24, 2.45) is 5.92 Å². The molecular formula is C16H20N2O. The average molecular weight is 256 g/mol. The van der Waals surface area contributed by atoms with E-state index in [-0.39, 0.29) is 5.91 Å². The number of hydrogen-bond acceptors (Lipinski definition) is 1. The topological polar surface area (TPSA) is 36.1 Å². The highest BCUT2D eigenvalue weighted by atomic mass is 16.2. The second kappa shape index (κ2) is 5.08. The fraction of sp³-hybridized carbons (Fsp3) is 0.438. The Balaban J connectivity index is 1.79. The van der Waals surface area contributed by atoms with E-state index >= 15 is 0 Å². The zero-order chi connectivity index (χ0) is 13.2. The molecule has 0 saturated heterocycles. The number of carbonyl (C=O) groups excluding carboxylic acids is 1. The van der Waals surface area contributed by atoms with Gasteiger partial charge in [0, 0.05) is 35.8 Å². The van der Waals surface area contributed by atoms with Gasteiger partial charge in [-0.2, -0.15) is 0 Å². The maximum Gasteiger partial charge on any atom is 0.253 e. The summed E-state index contributed by atoms with van der Waals surface area (Å²) >= 11 is 0. The van der Waals surface area contributed by atoms with Gasteiger partial charge in [0.1, 0.15) is 0 Å². The molecule has 1 amide bonds.